The summed E-state index contributed by atoms with van der Waals surface area (Å²) in [6.45, 7) is 1.17. The van der Waals surface area contributed by atoms with Crippen LogP contribution in [0.25, 0.3) is 0 Å². The van der Waals surface area contributed by atoms with Crippen molar-refractivity contribution >= 4 is 5.91 Å². The molecule has 21 heavy (non-hydrogen) atoms. The van der Waals surface area contributed by atoms with Gasteiger partial charge in [0.05, 0.1) is 18.6 Å². The Morgan fingerprint density at radius 2 is 2.14 bits per heavy atom. The number of ether oxygens (including phenoxy) is 1. The van der Waals surface area contributed by atoms with Crippen LogP contribution in [0, 0.1) is 0 Å². The Balaban J connectivity index is 1.53. The number of aryl methyl sites for hydroxylation is 1. The number of para-hydroxylation sites is 1. The van der Waals surface area contributed by atoms with Gasteiger partial charge in [-0.05, 0) is 18.6 Å². The van der Waals surface area contributed by atoms with Crippen molar-refractivity contribution in [2.75, 3.05) is 13.2 Å². The molecule has 0 atom stereocenters. The summed E-state index contributed by atoms with van der Waals surface area (Å²) in [4.78, 5) is 15.9. The van der Waals surface area contributed by atoms with Gasteiger partial charge in [0.15, 0.2) is 0 Å². The van der Waals surface area contributed by atoms with Crippen molar-refractivity contribution in [3.63, 3.8) is 0 Å². The molecule has 0 aliphatic carbocycles. The summed E-state index contributed by atoms with van der Waals surface area (Å²) in [6.07, 6.45) is 5.67. The predicted octanol–water partition coefficient (Wildman–Crippen LogP) is 1.94. The first-order valence-electron chi connectivity index (χ1n) is 7.15. The van der Waals surface area contributed by atoms with Gasteiger partial charge < -0.3 is 14.6 Å². The lowest BCUT2D eigenvalue weighted by atomic mass is 10.3. The van der Waals surface area contributed by atoms with Gasteiger partial charge in [-0.2, -0.15) is 0 Å². The van der Waals surface area contributed by atoms with Crippen LogP contribution in [0.5, 0.6) is 5.75 Å². The summed E-state index contributed by atoms with van der Waals surface area (Å²) >= 11 is 0. The van der Waals surface area contributed by atoms with Crippen LogP contribution in [-0.2, 0) is 18.3 Å². The first-order chi connectivity index (χ1) is 10.2. The molecule has 112 valence electrons. The van der Waals surface area contributed by atoms with E-state index in [-0.39, 0.29) is 5.91 Å². The van der Waals surface area contributed by atoms with Gasteiger partial charge in [-0.25, -0.2) is 4.98 Å². The van der Waals surface area contributed by atoms with Crippen LogP contribution >= 0.6 is 0 Å². The van der Waals surface area contributed by atoms with E-state index in [1.165, 1.54) is 0 Å². The van der Waals surface area contributed by atoms with E-state index in [4.69, 9.17) is 4.74 Å². The van der Waals surface area contributed by atoms with Crippen LogP contribution in [0.2, 0.25) is 0 Å². The molecule has 2 rings (SSSR count). The highest BCUT2D eigenvalue weighted by Crippen LogP contribution is 2.08. The Morgan fingerprint density at radius 3 is 2.86 bits per heavy atom. The van der Waals surface area contributed by atoms with Gasteiger partial charge in [0.1, 0.15) is 5.75 Å². The lowest BCUT2D eigenvalue weighted by molar-refractivity contribution is -0.121. The zero-order chi connectivity index (χ0) is 14.9. The second kappa shape index (κ2) is 8.09. The Labute approximate surface area is 125 Å². The molecule has 5 heteroatoms. The van der Waals surface area contributed by atoms with E-state index in [9.17, 15) is 4.79 Å². The number of carbonyl (C=O) groups excluding carboxylic acids is 1. The zero-order valence-corrected chi connectivity index (χ0v) is 12.3. The van der Waals surface area contributed by atoms with Crippen molar-refractivity contribution in [3.8, 4) is 5.75 Å². The fourth-order valence-electron chi connectivity index (χ4n) is 1.95. The topological polar surface area (TPSA) is 56.2 Å². The number of benzene rings is 1. The largest absolute Gasteiger partial charge is 0.494 e. The van der Waals surface area contributed by atoms with Gasteiger partial charge in [-0.1, -0.05) is 18.2 Å². The van der Waals surface area contributed by atoms with Crippen LogP contribution < -0.4 is 10.1 Å². The minimum atomic E-state index is 0.0580. The van der Waals surface area contributed by atoms with Gasteiger partial charge in [0, 0.05) is 32.6 Å². The van der Waals surface area contributed by atoms with E-state index in [1.807, 2.05) is 48.1 Å². The normalized spacial score (nSPS) is 10.3. The van der Waals surface area contributed by atoms with Crippen LogP contribution in [0.15, 0.2) is 42.9 Å². The van der Waals surface area contributed by atoms with E-state index in [1.54, 1.807) is 6.33 Å². The Hall–Kier alpha value is -2.30. The second-order valence-electron chi connectivity index (χ2n) is 4.90. The lowest BCUT2D eigenvalue weighted by Crippen LogP contribution is -2.25. The zero-order valence-electron chi connectivity index (χ0n) is 12.3. The lowest BCUT2D eigenvalue weighted by Gasteiger charge is -2.06. The summed E-state index contributed by atoms with van der Waals surface area (Å²) in [5.74, 6) is 0.899. The predicted molar refractivity (Wildman–Crippen MR) is 81.1 cm³/mol. The summed E-state index contributed by atoms with van der Waals surface area (Å²) in [5, 5.41) is 2.90. The van der Waals surface area contributed by atoms with E-state index in [2.05, 4.69) is 10.3 Å². The average Bonchev–Trinajstić information content (AvgIpc) is 2.90. The molecular formula is C16H21N3O2. The molecule has 0 bridgehead atoms. The Morgan fingerprint density at radius 1 is 1.33 bits per heavy atom. The number of hydrogen-bond donors (Lipinski definition) is 1. The highest BCUT2D eigenvalue weighted by atomic mass is 16.5. The molecular weight excluding hydrogens is 266 g/mol. The van der Waals surface area contributed by atoms with Gasteiger partial charge >= 0.3 is 0 Å². The van der Waals surface area contributed by atoms with Crippen LogP contribution in [0.3, 0.4) is 0 Å². The van der Waals surface area contributed by atoms with Crippen LogP contribution in [0.4, 0.5) is 0 Å². The first-order valence-corrected chi connectivity index (χ1v) is 7.15. The quantitative estimate of drug-likeness (QED) is 0.755. The number of aromatic nitrogens is 2. The molecule has 5 nitrogen and oxygen atoms in total. The third kappa shape index (κ3) is 5.69. The smallest absolute Gasteiger partial charge is 0.220 e. The fraction of sp³-hybridized carbons (Fsp3) is 0.375. The highest BCUT2D eigenvalue weighted by molar-refractivity contribution is 5.75. The number of nitrogens with one attached hydrogen (secondary N) is 1. The standard InChI is InChI=1S/C16H21N3O2/c1-19-12-14(18-13-19)9-10-17-16(20)8-5-11-21-15-6-3-2-4-7-15/h2-4,6-7,12-13H,5,8-11H2,1H3,(H,17,20). The molecule has 1 aromatic heterocycles. The molecule has 0 unspecified atom stereocenters. The van der Waals surface area contributed by atoms with Crippen molar-refractivity contribution in [2.45, 2.75) is 19.3 Å². The van der Waals surface area contributed by atoms with E-state index in [0.717, 1.165) is 17.9 Å². The molecule has 0 fully saturated rings. The van der Waals surface area contributed by atoms with Crippen LogP contribution in [-0.4, -0.2) is 28.6 Å². The second-order valence-corrected chi connectivity index (χ2v) is 4.90. The molecule has 0 aliphatic rings. The maximum atomic E-state index is 11.7. The maximum absolute atomic E-state index is 11.7. The number of amides is 1. The molecule has 0 saturated heterocycles. The van der Waals surface area contributed by atoms with Crippen molar-refractivity contribution < 1.29 is 9.53 Å². The molecule has 0 aliphatic heterocycles. The van der Waals surface area contributed by atoms with Gasteiger partial charge in [0.2, 0.25) is 5.91 Å². The first kappa shape index (κ1) is 15.1. The van der Waals surface area contributed by atoms with Crippen molar-refractivity contribution in [1.29, 1.82) is 0 Å². The molecule has 2 aromatic rings. The molecule has 0 saturated carbocycles. The summed E-state index contributed by atoms with van der Waals surface area (Å²) in [6, 6.07) is 9.63. The molecule has 1 aromatic carbocycles. The molecule has 1 N–H and O–H groups in total. The van der Waals surface area contributed by atoms with E-state index in [0.29, 0.717) is 26.0 Å². The van der Waals surface area contributed by atoms with E-state index >= 15 is 0 Å². The fourth-order valence-corrected chi connectivity index (χ4v) is 1.95. The number of carbonyl (C=O) groups is 1. The van der Waals surface area contributed by atoms with E-state index < -0.39 is 0 Å². The molecule has 0 spiro atoms. The third-order valence-corrected chi connectivity index (χ3v) is 3.02. The van der Waals surface area contributed by atoms with Gasteiger partial charge in [-0.3, -0.25) is 4.79 Å². The maximum Gasteiger partial charge on any atom is 0.220 e. The minimum absolute atomic E-state index is 0.0580. The van der Waals surface area contributed by atoms with Crippen molar-refractivity contribution in [3.05, 3.63) is 48.5 Å². The van der Waals surface area contributed by atoms with Crippen LogP contribution in [0.1, 0.15) is 18.5 Å². The van der Waals surface area contributed by atoms with Crippen molar-refractivity contribution in [2.24, 2.45) is 7.05 Å². The number of imidazole rings is 1. The Kier molecular flexibility index (Phi) is 5.82. The molecule has 1 amide bonds. The van der Waals surface area contributed by atoms with Crippen molar-refractivity contribution in [1.82, 2.24) is 14.9 Å². The monoisotopic (exact) mass is 287 g/mol. The van der Waals surface area contributed by atoms with Gasteiger partial charge in [-0.15, -0.1) is 0 Å². The van der Waals surface area contributed by atoms with Gasteiger partial charge in [0.25, 0.3) is 0 Å². The third-order valence-electron chi connectivity index (χ3n) is 3.02. The Bertz CT molecular complexity index is 552. The average molecular weight is 287 g/mol. The number of rotatable bonds is 8. The highest BCUT2D eigenvalue weighted by Gasteiger charge is 2.02. The summed E-state index contributed by atoms with van der Waals surface area (Å²) in [7, 11) is 1.93. The minimum Gasteiger partial charge on any atom is -0.494 e. The number of nitrogens with zero attached hydrogens (tertiary/aromatic N) is 2. The summed E-state index contributed by atoms with van der Waals surface area (Å²) in [5.41, 5.74) is 0.991. The SMILES string of the molecule is Cn1cnc(CCNC(=O)CCCOc2ccccc2)c1. The molecule has 1 heterocycles. The summed E-state index contributed by atoms with van der Waals surface area (Å²) < 4.78 is 7.44. The molecule has 0 radical (unpaired) electrons. The number of hydrogen-bond acceptors (Lipinski definition) is 3.